The molecule has 3 amide bonds. The van der Waals surface area contributed by atoms with Crippen LogP contribution in [0.5, 0.6) is 0 Å². The van der Waals surface area contributed by atoms with Crippen LogP contribution in [0.4, 0.5) is 27.5 Å². The van der Waals surface area contributed by atoms with Crippen molar-refractivity contribution in [3.05, 3.63) is 58.1 Å². The molecule has 2 rings (SSSR count). The predicted molar refractivity (Wildman–Crippen MR) is 114 cm³/mol. The van der Waals surface area contributed by atoms with E-state index in [1.165, 1.54) is 24.3 Å². The minimum atomic E-state index is -0.523. The molecule has 0 heterocycles. The van der Waals surface area contributed by atoms with Gasteiger partial charge in [-0.25, -0.2) is 4.79 Å². The Balaban J connectivity index is 2.13. The molecule has 0 bridgehead atoms. The van der Waals surface area contributed by atoms with Crippen LogP contribution in [0.2, 0.25) is 0 Å². The highest BCUT2D eigenvalue weighted by atomic mass is 16.6. The molecule has 0 saturated heterocycles. The zero-order valence-corrected chi connectivity index (χ0v) is 16.9. The SMILES string of the molecule is CC(C)CNC(=O)c1cc(NC(=O)Nc2ccc([N+](=O)[O-])cc2)ccc1N(C)C. The van der Waals surface area contributed by atoms with E-state index < -0.39 is 11.0 Å². The lowest BCUT2D eigenvalue weighted by atomic mass is 10.1. The molecular weight excluding hydrogens is 374 g/mol. The molecule has 0 saturated carbocycles. The first-order chi connectivity index (χ1) is 13.7. The lowest BCUT2D eigenvalue weighted by molar-refractivity contribution is -0.384. The van der Waals surface area contributed by atoms with Gasteiger partial charge < -0.3 is 20.9 Å². The van der Waals surface area contributed by atoms with Crippen LogP contribution in [0.25, 0.3) is 0 Å². The first-order valence-electron chi connectivity index (χ1n) is 9.09. The van der Waals surface area contributed by atoms with Crippen molar-refractivity contribution in [2.24, 2.45) is 5.92 Å². The molecule has 0 aromatic heterocycles. The summed E-state index contributed by atoms with van der Waals surface area (Å²) in [7, 11) is 3.67. The summed E-state index contributed by atoms with van der Waals surface area (Å²) in [5, 5.41) is 18.8. The molecule has 0 unspecified atom stereocenters. The van der Waals surface area contributed by atoms with E-state index in [1.807, 2.05) is 32.8 Å². The van der Waals surface area contributed by atoms with Gasteiger partial charge in [0, 0.05) is 49.8 Å². The van der Waals surface area contributed by atoms with E-state index in [4.69, 9.17) is 0 Å². The third-order valence-corrected chi connectivity index (χ3v) is 3.99. The Morgan fingerprint density at radius 2 is 1.62 bits per heavy atom. The van der Waals surface area contributed by atoms with Crippen molar-refractivity contribution in [3.63, 3.8) is 0 Å². The molecule has 0 radical (unpaired) electrons. The van der Waals surface area contributed by atoms with Crippen molar-refractivity contribution in [1.82, 2.24) is 5.32 Å². The maximum atomic E-state index is 12.6. The Morgan fingerprint density at radius 3 is 2.17 bits per heavy atom. The molecule has 0 spiro atoms. The van der Waals surface area contributed by atoms with E-state index in [2.05, 4.69) is 16.0 Å². The van der Waals surface area contributed by atoms with Crippen molar-refractivity contribution in [2.45, 2.75) is 13.8 Å². The summed E-state index contributed by atoms with van der Waals surface area (Å²) in [6, 6.07) is 10.0. The van der Waals surface area contributed by atoms with E-state index in [1.54, 1.807) is 18.2 Å². The fraction of sp³-hybridized carbons (Fsp3) is 0.300. The average Bonchev–Trinajstić information content (AvgIpc) is 2.66. The number of nitrogens with zero attached hydrogens (tertiary/aromatic N) is 2. The monoisotopic (exact) mass is 399 g/mol. The number of amides is 3. The summed E-state index contributed by atoms with van der Waals surface area (Å²) >= 11 is 0. The third kappa shape index (κ3) is 6.20. The number of rotatable bonds is 7. The second-order valence-corrected chi connectivity index (χ2v) is 7.11. The number of nitro groups is 1. The van der Waals surface area contributed by atoms with Crippen molar-refractivity contribution in [1.29, 1.82) is 0 Å². The van der Waals surface area contributed by atoms with Gasteiger partial charge in [-0.05, 0) is 36.2 Å². The van der Waals surface area contributed by atoms with Crippen molar-refractivity contribution < 1.29 is 14.5 Å². The molecule has 2 aromatic rings. The van der Waals surface area contributed by atoms with Gasteiger partial charge in [0.15, 0.2) is 0 Å². The van der Waals surface area contributed by atoms with Gasteiger partial charge in [0.2, 0.25) is 0 Å². The molecule has 9 nitrogen and oxygen atoms in total. The Hall–Kier alpha value is -3.62. The topological polar surface area (TPSA) is 117 Å². The fourth-order valence-corrected chi connectivity index (χ4v) is 2.54. The quantitative estimate of drug-likeness (QED) is 0.485. The van der Waals surface area contributed by atoms with Crippen LogP contribution in [0.15, 0.2) is 42.5 Å². The zero-order valence-electron chi connectivity index (χ0n) is 16.9. The molecule has 9 heteroatoms. The number of carbonyl (C=O) groups is 2. The van der Waals surface area contributed by atoms with E-state index in [-0.39, 0.29) is 11.6 Å². The van der Waals surface area contributed by atoms with Gasteiger partial charge >= 0.3 is 6.03 Å². The van der Waals surface area contributed by atoms with Gasteiger partial charge in [0.25, 0.3) is 11.6 Å². The van der Waals surface area contributed by atoms with E-state index in [0.29, 0.717) is 29.4 Å². The maximum absolute atomic E-state index is 12.6. The van der Waals surface area contributed by atoms with Crippen LogP contribution in [-0.4, -0.2) is 37.5 Å². The second-order valence-electron chi connectivity index (χ2n) is 7.11. The normalized spacial score (nSPS) is 10.4. The maximum Gasteiger partial charge on any atom is 0.323 e. The minimum absolute atomic E-state index is 0.0627. The van der Waals surface area contributed by atoms with Crippen LogP contribution in [-0.2, 0) is 0 Å². The lowest BCUT2D eigenvalue weighted by Gasteiger charge is -2.19. The second kappa shape index (κ2) is 9.54. The number of urea groups is 1. The summed E-state index contributed by atoms with van der Waals surface area (Å²) in [5.41, 5.74) is 1.97. The average molecular weight is 399 g/mol. The smallest absolute Gasteiger partial charge is 0.323 e. The molecule has 0 atom stereocenters. The molecule has 29 heavy (non-hydrogen) atoms. The molecule has 2 aromatic carbocycles. The van der Waals surface area contributed by atoms with E-state index in [0.717, 1.165) is 5.69 Å². The standard InChI is InChI=1S/C20H25N5O4/c1-13(2)12-21-19(26)17-11-15(7-10-18(17)24(3)4)23-20(27)22-14-5-8-16(9-6-14)25(28)29/h5-11,13H,12H2,1-4H3,(H,21,26)(H2,22,23,27). The number of nitrogens with one attached hydrogen (secondary N) is 3. The molecule has 0 fully saturated rings. The largest absolute Gasteiger partial charge is 0.377 e. The molecule has 3 N–H and O–H groups in total. The van der Waals surface area contributed by atoms with Crippen molar-refractivity contribution in [3.8, 4) is 0 Å². The number of benzene rings is 2. The molecule has 154 valence electrons. The molecular formula is C20H25N5O4. The van der Waals surface area contributed by atoms with Gasteiger partial charge in [0.05, 0.1) is 10.5 Å². The van der Waals surface area contributed by atoms with Crippen molar-refractivity contribution in [2.75, 3.05) is 36.2 Å². The summed E-state index contributed by atoms with van der Waals surface area (Å²) < 4.78 is 0. The summed E-state index contributed by atoms with van der Waals surface area (Å²) in [5.74, 6) is 0.0948. The minimum Gasteiger partial charge on any atom is -0.377 e. The van der Waals surface area contributed by atoms with Gasteiger partial charge in [0.1, 0.15) is 0 Å². The van der Waals surface area contributed by atoms with Gasteiger partial charge in [-0.1, -0.05) is 13.8 Å². The van der Waals surface area contributed by atoms with Crippen LogP contribution in [0, 0.1) is 16.0 Å². The molecule has 0 aliphatic heterocycles. The van der Waals surface area contributed by atoms with Gasteiger partial charge in [-0.15, -0.1) is 0 Å². The number of non-ortho nitro benzene ring substituents is 1. The Bertz CT molecular complexity index is 894. The first kappa shape index (κ1) is 21.7. The Labute approximate surface area is 169 Å². The van der Waals surface area contributed by atoms with Gasteiger partial charge in [-0.2, -0.15) is 0 Å². The Morgan fingerprint density at radius 1 is 1.03 bits per heavy atom. The van der Waals surface area contributed by atoms with Crippen molar-refractivity contribution >= 4 is 34.7 Å². The molecule has 0 aliphatic rings. The first-order valence-corrected chi connectivity index (χ1v) is 9.09. The third-order valence-electron chi connectivity index (χ3n) is 3.99. The van der Waals surface area contributed by atoms with E-state index in [9.17, 15) is 19.7 Å². The fourth-order valence-electron chi connectivity index (χ4n) is 2.54. The lowest BCUT2D eigenvalue weighted by Crippen LogP contribution is -2.29. The highest BCUT2D eigenvalue weighted by Crippen LogP contribution is 2.23. The summed E-state index contributed by atoms with van der Waals surface area (Å²) in [6.07, 6.45) is 0. The number of hydrogen-bond acceptors (Lipinski definition) is 5. The summed E-state index contributed by atoms with van der Waals surface area (Å²) in [4.78, 5) is 36.8. The molecule has 0 aliphatic carbocycles. The number of anilines is 3. The van der Waals surface area contributed by atoms with Gasteiger partial charge in [-0.3, -0.25) is 14.9 Å². The van der Waals surface area contributed by atoms with Crippen LogP contribution < -0.4 is 20.9 Å². The van der Waals surface area contributed by atoms with Crippen LogP contribution in [0.1, 0.15) is 24.2 Å². The highest BCUT2D eigenvalue weighted by Gasteiger charge is 2.15. The number of hydrogen-bond donors (Lipinski definition) is 3. The van der Waals surface area contributed by atoms with Crippen LogP contribution >= 0.6 is 0 Å². The predicted octanol–water partition coefficient (Wildman–Crippen LogP) is 3.69. The summed E-state index contributed by atoms with van der Waals surface area (Å²) in [6.45, 7) is 4.56. The number of carbonyl (C=O) groups excluding carboxylic acids is 2. The zero-order chi connectivity index (χ0) is 21.6. The van der Waals surface area contributed by atoms with Crippen LogP contribution in [0.3, 0.4) is 0 Å². The Kier molecular flexibility index (Phi) is 7.13. The van der Waals surface area contributed by atoms with E-state index >= 15 is 0 Å². The highest BCUT2D eigenvalue weighted by molar-refractivity contribution is 6.04. The number of nitro benzene ring substituents is 1.